The van der Waals surface area contributed by atoms with E-state index in [1.54, 1.807) is 7.11 Å². The summed E-state index contributed by atoms with van der Waals surface area (Å²) < 4.78 is 5.22. The van der Waals surface area contributed by atoms with Crippen LogP contribution in [0, 0.1) is 0 Å². The molecule has 1 atom stereocenters. The molecule has 0 saturated carbocycles. The van der Waals surface area contributed by atoms with Crippen LogP contribution in [0.5, 0.6) is 5.75 Å². The SMILES string of the molecule is CCc1ccc(C(CO)NCc2cccc(OC)c2)cc1. The summed E-state index contributed by atoms with van der Waals surface area (Å²) in [6, 6.07) is 16.3. The third kappa shape index (κ3) is 4.31. The molecule has 21 heavy (non-hydrogen) atoms. The fraction of sp³-hybridized carbons (Fsp3) is 0.333. The lowest BCUT2D eigenvalue weighted by molar-refractivity contribution is 0.243. The molecule has 0 aliphatic rings. The van der Waals surface area contributed by atoms with Crippen molar-refractivity contribution in [2.75, 3.05) is 13.7 Å². The molecule has 2 aromatic rings. The molecule has 0 aliphatic carbocycles. The molecule has 2 N–H and O–H groups in total. The molecule has 0 radical (unpaired) electrons. The van der Waals surface area contributed by atoms with Crippen LogP contribution < -0.4 is 10.1 Å². The summed E-state index contributed by atoms with van der Waals surface area (Å²) in [5.74, 6) is 0.849. The quantitative estimate of drug-likeness (QED) is 0.821. The topological polar surface area (TPSA) is 41.5 Å². The molecule has 0 amide bonds. The first-order valence-electron chi connectivity index (χ1n) is 7.32. The predicted octanol–water partition coefficient (Wildman–Crippen LogP) is 3.08. The van der Waals surface area contributed by atoms with E-state index in [0.717, 1.165) is 23.3 Å². The molecule has 2 rings (SSSR count). The number of hydrogen-bond donors (Lipinski definition) is 2. The highest BCUT2D eigenvalue weighted by atomic mass is 16.5. The largest absolute Gasteiger partial charge is 0.497 e. The highest BCUT2D eigenvalue weighted by Gasteiger charge is 2.09. The average Bonchev–Trinajstić information content (AvgIpc) is 2.56. The van der Waals surface area contributed by atoms with Crippen molar-refractivity contribution in [3.05, 3.63) is 65.2 Å². The van der Waals surface area contributed by atoms with E-state index in [4.69, 9.17) is 4.74 Å². The van der Waals surface area contributed by atoms with E-state index in [1.165, 1.54) is 5.56 Å². The van der Waals surface area contributed by atoms with Gasteiger partial charge in [0.25, 0.3) is 0 Å². The van der Waals surface area contributed by atoms with Crippen LogP contribution in [0.4, 0.5) is 0 Å². The van der Waals surface area contributed by atoms with Crippen molar-refractivity contribution < 1.29 is 9.84 Å². The van der Waals surface area contributed by atoms with Gasteiger partial charge in [-0.1, -0.05) is 43.3 Å². The summed E-state index contributed by atoms with van der Waals surface area (Å²) in [5, 5.41) is 13.0. The van der Waals surface area contributed by atoms with Crippen LogP contribution in [0.1, 0.15) is 29.7 Å². The minimum absolute atomic E-state index is 0.0536. The van der Waals surface area contributed by atoms with Gasteiger partial charge in [0.2, 0.25) is 0 Å². The van der Waals surface area contributed by atoms with Crippen molar-refractivity contribution in [3.63, 3.8) is 0 Å². The Labute approximate surface area is 126 Å². The van der Waals surface area contributed by atoms with Crippen LogP contribution in [0.25, 0.3) is 0 Å². The summed E-state index contributed by atoms with van der Waals surface area (Å²) in [4.78, 5) is 0. The predicted molar refractivity (Wildman–Crippen MR) is 85.5 cm³/mol. The highest BCUT2D eigenvalue weighted by Crippen LogP contribution is 2.16. The second kappa shape index (κ2) is 7.81. The number of benzene rings is 2. The molecule has 0 aliphatic heterocycles. The van der Waals surface area contributed by atoms with Gasteiger partial charge in [0, 0.05) is 6.54 Å². The normalized spacial score (nSPS) is 12.1. The van der Waals surface area contributed by atoms with Gasteiger partial charge in [-0.25, -0.2) is 0 Å². The van der Waals surface area contributed by atoms with E-state index in [9.17, 15) is 5.11 Å². The van der Waals surface area contributed by atoms with E-state index in [0.29, 0.717) is 6.54 Å². The first-order chi connectivity index (χ1) is 10.3. The van der Waals surface area contributed by atoms with Crippen molar-refractivity contribution in [3.8, 4) is 5.75 Å². The first kappa shape index (κ1) is 15.5. The fourth-order valence-electron chi connectivity index (χ4n) is 2.30. The summed E-state index contributed by atoms with van der Waals surface area (Å²) in [6.45, 7) is 2.91. The third-order valence-corrected chi connectivity index (χ3v) is 3.66. The summed E-state index contributed by atoms with van der Waals surface area (Å²) in [7, 11) is 1.67. The van der Waals surface area contributed by atoms with E-state index < -0.39 is 0 Å². The third-order valence-electron chi connectivity index (χ3n) is 3.66. The molecule has 0 saturated heterocycles. The monoisotopic (exact) mass is 285 g/mol. The molecule has 0 fully saturated rings. The van der Waals surface area contributed by atoms with Gasteiger partial charge in [0.15, 0.2) is 0 Å². The molecule has 1 unspecified atom stereocenters. The summed E-state index contributed by atoms with van der Waals surface area (Å²) in [6.07, 6.45) is 1.03. The molecule has 0 bridgehead atoms. The molecule has 0 aromatic heterocycles. The molecular weight excluding hydrogens is 262 g/mol. The molecule has 3 heteroatoms. The standard InChI is InChI=1S/C18H23NO2/c1-3-14-7-9-16(10-8-14)18(13-20)19-12-15-5-4-6-17(11-15)21-2/h4-11,18-20H,3,12-13H2,1-2H3. The zero-order valence-corrected chi connectivity index (χ0v) is 12.7. The van der Waals surface area contributed by atoms with E-state index >= 15 is 0 Å². The maximum atomic E-state index is 9.60. The van der Waals surface area contributed by atoms with Crippen molar-refractivity contribution in [1.29, 1.82) is 0 Å². The maximum Gasteiger partial charge on any atom is 0.119 e. The van der Waals surface area contributed by atoms with E-state index in [1.807, 2.05) is 24.3 Å². The minimum atomic E-state index is -0.0536. The van der Waals surface area contributed by atoms with Crippen LogP contribution in [-0.2, 0) is 13.0 Å². The Balaban J connectivity index is 2.01. The van der Waals surface area contributed by atoms with Gasteiger partial charge in [-0.2, -0.15) is 0 Å². The van der Waals surface area contributed by atoms with Crippen LogP contribution in [0.2, 0.25) is 0 Å². The van der Waals surface area contributed by atoms with Crippen LogP contribution in [0.15, 0.2) is 48.5 Å². The number of aliphatic hydroxyl groups excluding tert-OH is 1. The van der Waals surface area contributed by atoms with E-state index in [2.05, 4.69) is 36.5 Å². The van der Waals surface area contributed by atoms with Gasteiger partial charge in [-0.15, -0.1) is 0 Å². The van der Waals surface area contributed by atoms with Crippen LogP contribution in [0.3, 0.4) is 0 Å². The molecule has 0 spiro atoms. The molecule has 3 nitrogen and oxygen atoms in total. The fourth-order valence-corrected chi connectivity index (χ4v) is 2.30. The lowest BCUT2D eigenvalue weighted by atomic mass is 10.0. The van der Waals surface area contributed by atoms with Gasteiger partial charge in [0.1, 0.15) is 5.75 Å². The number of methoxy groups -OCH3 is 1. The van der Waals surface area contributed by atoms with E-state index in [-0.39, 0.29) is 12.6 Å². The number of ether oxygens (including phenoxy) is 1. The lowest BCUT2D eigenvalue weighted by Crippen LogP contribution is -2.24. The van der Waals surface area contributed by atoms with Crippen LogP contribution >= 0.6 is 0 Å². The maximum absolute atomic E-state index is 9.60. The van der Waals surface area contributed by atoms with Crippen molar-refractivity contribution >= 4 is 0 Å². The lowest BCUT2D eigenvalue weighted by Gasteiger charge is -2.17. The number of nitrogens with one attached hydrogen (secondary N) is 1. The number of aryl methyl sites for hydroxylation is 1. The molecular formula is C18H23NO2. The van der Waals surface area contributed by atoms with Gasteiger partial charge < -0.3 is 15.2 Å². The van der Waals surface area contributed by atoms with Gasteiger partial charge in [-0.05, 0) is 35.2 Å². The Morgan fingerprint density at radius 2 is 1.86 bits per heavy atom. The van der Waals surface area contributed by atoms with Gasteiger partial charge in [-0.3, -0.25) is 0 Å². The number of hydrogen-bond acceptors (Lipinski definition) is 3. The molecule has 112 valence electrons. The van der Waals surface area contributed by atoms with Crippen molar-refractivity contribution in [2.45, 2.75) is 25.9 Å². The Kier molecular flexibility index (Phi) is 5.78. The first-order valence-corrected chi connectivity index (χ1v) is 7.32. The molecule has 0 heterocycles. The highest BCUT2D eigenvalue weighted by molar-refractivity contribution is 5.29. The summed E-state index contributed by atoms with van der Waals surface area (Å²) >= 11 is 0. The van der Waals surface area contributed by atoms with Crippen molar-refractivity contribution in [1.82, 2.24) is 5.32 Å². The van der Waals surface area contributed by atoms with Crippen LogP contribution in [-0.4, -0.2) is 18.8 Å². The Morgan fingerprint density at radius 3 is 2.48 bits per heavy atom. The van der Waals surface area contributed by atoms with Gasteiger partial charge >= 0.3 is 0 Å². The minimum Gasteiger partial charge on any atom is -0.497 e. The average molecular weight is 285 g/mol. The second-order valence-corrected chi connectivity index (χ2v) is 5.06. The summed E-state index contributed by atoms with van der Waals surface area (Å²) in [5.41, 5.74) is 3.55. The Morgan fingerprint density at radius 1 is 1.10 bits per heavy atom. The van der Waals surface area contributed by atoms with Crippen molar-refractivity contribution in [2.24, 2.45) is 0 Å². The zero-order valence-electron chi connectivity index (χ0n) is 12.7. The Hall–Kier alpha value is -1.84. The number of aliphatic hydroxyl groups is 1. The Bertz CT molecular complexity index is 551. The second-order valence-electron chi connectivity index (χ2n) is 5.06. The smallest absolute Gasteiger partial charge is 0.119 e. The zero-order chi connectivity index (χ0) is 15.1. The number of rotatable bonds is 7. The van der Waals surface area contributed by atoms with Gasteiger partial charge in [0.05, 0.1) is 19.8 Å². The molecule has 2 aromatic carbocycles.